The van der Waals surface area contributed by atoms with E-state index in [1.165, 1.54) is 24.3 Å². The van der Waals surface area contributed by atoms with Crippen molar-refractivity contribution in [1.29, 1.82) is 0 Å². The molecule has 3 N–H and O–H groups in total. The van der Waals surface area contributed by atoms with Crippen LogP contribution < -0.4 is 19.9 Å². The van der Waals surface area contributed by atoms with Crippen molar-refractivity contribution in [3.8, 4) is 28.8 Å². The van der Waals surface area contributed by atoms with Gasteiger partial charge in [0.1, 0.15) is 17.1 Å². The SMILES string of the molecule is CCOc1ncccc1-c1ccc(C(=O)NS(=O)(=O)c2cccc(N)n2)c(Oc2c(C)cc(C)cc2C)n1. The maximum absolute atomic E-state index is 13.3. The number of carbonyl (C=O) groups excluding carboxylic acids is 1. The van der Waals surface area contributed by atoms with Crippen LogP contribution in [0.4, 0.5) is 5.82 Å². The number of carbonyl (C=O) groups is 1. The molecule has 0 aliphatic rings. The van der Waals surface area contributed by atoms with Gasteiger partial charge in [-0.1, -0.05) is 23.8 Å². The van der Waals surface area contributed by atoms with Gasteiger partial charge in [-0.3, -0.25) is 4.79 Å². The van der Waals surface area contributed by atoms with Crippen molar-refractivity contribution in [2.45, 2.75) is 32.7 Å². The number of hydrogen-bond donors (Lipinski definition) is 2. The molecule has 0 saturated carbocycles. The topological polar surface area (TPSA) is 146 Å². The summed E-state index contributed by atoms with van der Waals surface area (Å²) in [6, 6.07) is 14.5. The fourth-order valence-electron chi connectivity index (χ4n) is 3.91. The Morgan fingerprint density at radius 3 is 2.39 bits per heavy atom. The van der Waals surface area contributed by atoms with Crippen LogP contribution >= 0.6 is 0 Å². The molecular weight excluding hydrogens is 506 g/mol. The van der Waals surface area contributed by atoms with Crippen LogP contribution in [-0.4, -0.2) is 35.9 Å². The number of anilines is 1. The average Bonchev–Trinajstić information content (AvgIpc) is 2.86. The minimum absolute atomic E-state index is 0.00209. The van der Waals surface area contributed by atoms with Gasteiger partial charge in [0.2, 0.25) is 11.8 Å². The van der Waals surface area contributed by atoms with Gasteiger partial charge in [-0.15, -0.1) is 0 Å². The van der Waals surface area contributed by atoms with E-state index in [9.17, 15) is 13.2 Å². The molecule has 10 nitrogen and oxygen atoms in total. The van der Waals surface area contributed by atoms with E-state index >= 15 is 0 Å². The third-order valence-corrected chi connectivity index (χ3v) is 6.72. The zero-order valence-corrected chi connectivity index (χ0v) is 22.2. The Labute approximate surface area is 220 Å². The molecule has 0 atom stereocenters. The number of amides is 1. The summed E-state index contributed by atoms with van der Waals surface area (Å²) in [4.78, 5) is 25.9. The Kier molecular flexibility index (Phi) is 7.58. The monoisotopic (exact) mass is 533 g/mol. The largest absolute Gasteiger partial charge is 0.477 e. The first-order valence-electron chi connectivity index (χ1n) is 11.7. The van der Waals surface area contributed by atoms with E-state index in [1.807, 2.05) is 44.5 Å². The van der Waals surface area contributed by atoms with Crippen LogP contribution in [0, 0.1) is 20.8 Å². The molecule has 196 valence electrons. The van der Waals surface area contributed by atoms with E-state index in [4.69, 9.17) is 15.2 Å². The highest BCUT2D eigenvalue weighted by molar-refractivity contribution is 7.90. The zero-order valence-electron chi connectivity index (χ0n) is 21.3. The standard InChI is InChI=1S/C27H27N5O5S/c1-5-36-26-19(8-7-13-29-26)21-12-11-20(25(33)32-38(34,35)23-10-6-9-22(28)31-23)27(30-21)37-24-17(3)14-16(2)15-18(24)4/h6-15H,5H2,1-4H3,(H2,28,31)(H,32,33). The molecular formula is C27H27N5O5S. The summed E-state index contributed by atoms with van der Waals surface area (Å²) in [7, 11) is -4.32. The van der Waals surface area contributed by atoms with Crippen molar-refractivity contribution in [3.05, 3.63) is 83.0 Å². The Hall–Kier alpha value is -4.51. The molecule has 11 heteroatoms. The molecule has 3 aromatic heterocycles. The van der Waals surface area contributed by atoms with Crippen molar-refractivity contribution in [2.75, 3.05) is 12.3 Å². The highest BCUT2D eigenvalue weighted by Crippen LogP contribution is 2.34. The molecule has 4 rings (SSSR count). The fourth-order valence-corrected chi connectivity index (χ4v) is 4.85. The predicted octanol–water partition coefficient (Wildman–Crippen LogP) is 4.36. The molecule has 0 aliphatic carbocycles. The minimum Gasteiger partial charge on any atom is -0.477 e. The number of nitrogens with one attached hydrogen (secondary N) is 1. The summed E-state index contributed by atoms with van der Waals surface area (Å²) in [6.07, 6.45) is 1.60. The van der Waals surface area contributed by atoms with Crippen LogP contribution in [0.25, 0.3) is 11.3 Å². The van der Waals surface area contributed by atoms with Gasteiger partial charge in [0.25, 0.3) is 15.9 Å². The van der Waals surface area contributed by atoms with Crippen molar-refractivity contribution in [2.24, 2.45) is 0 Å². The van der Waals surface area contributed by atoms with Gasteiger partial charge >= 0.3 is 0 Å². The molecule has 0 unspecified atom stereocenters. The molecule has 3 heterocycles. The lowest BCUT2D eigenvalue weighted by Gasteiger charge is -2.16. The van der Waals surface area contributed by atoms with Crippen LogP contribution in [0.3, 0.4) is 0 Å². The average molecular weight is 534 g/mol. The quantitative estimate of drug-likeness (QED) is 0.337. The number of nitrogens with zero attached hydrogens (tertiary/aromatic N) is 3. The van der Waals surface area contributed by atoms with Crippen LogP contribution in [0.1, 0.15) is 34.0 Å². The van der Waals surface area contributed by atoms with Crippen molar-refractivity contribution < 1.29 is 22.7 Å². The Bertz CT molecular complexity index is 1600. The van der Waals surface area contributed by atoms with Crippen molar-refractivity contribution >= 4 is 21.7 Å². The first-order chi connectivity index (χ1) is 18.1. The second-order valence-electron chi connectivity index (χ2n) is 8.50. The van der Waals surface area contributed by atoms with Crippen molar-refractivity contribution in [1.82, 2.24) is 19.7 Å². The Balaban J connectivity index is 1.80. The Morgan fingerprint density at radius 1 is 0.974 bits per heavy atom. The van der Waals surface area contributed by atoms with Crippen LogP contribution in [0.5, 0.6) is 17.5 Å². The molecule has 0 spiro atoms. The van der Waals surface area contributed by atoms with Gasteiger partial charge < -0.3 is 15.2 Å². The molecule has 0 bridgehead atoms. The lowest BCUT2D eigenvalue weighted by atomic mass is 10.1. The molecule has 0 radical (unpaired) electrons. The van der Waals surface area contributed by atoms with Crippen molar-refractivity contribution in [3.63, 3.8) is 0 Å². The highest BCUT2D eigenvalue weighted by atomic mass is 32.2. The summed E-state index contributed by atoms with van der Waals surface area (Å²) < 4.78 is 39.6. The number of nitrogens with two attached hydrogens (primary N) is 1. The second kappa shape index (κ2) is 10.9. The van der Waals surface area contributed by atoms with Crippen LogP contribution in [-0.2, 0) is 10.0 Å². The maximum Gasteiger partial charge on any atom is 0.281 e. The molecule has 0 aliphatic heterocycles. The number of aromatic nitrogens is 3. The van der Waals surface area contributed by atoms with Gasteiger partial charge in [-0.2, -0.15) is 8.42 Å². The van der Waals surface area contributed by atoms with Crippen LogP contribution in [0.15, 0.2) is 65.8 Å². The van der Waals surface area contributed by atoms with Gasteiger partial charge in [-0.05, 0) is 75.2 Å². The van der Waals surface area contributed by atoms with E-state index in [0.717, 1.165) is 16.7 Å². The first-order valence-corrected chi connectivity index (χ1v) is 13.2. The number of ether oxygens (including phenoxy) is 2. The third-order valence-electron chi connectivity index (χ3n) is 5.48. The van der Waals surface area contributed by atoms with E-state index in [0.29, 0.717) is 29.5 Å². The number of aryl methyl sites for hydroxylation is 3. The zero-order chi connectivity index (χ0) is 27.4. The van der Waals surface area contributed by atoms with Gasteiger partial charge in [-0.25, -0.2) is 19.7 Å². The van der Waals surface area contributed by atoms with Gasteiger partial charge in [0.05, 0.1) is 17.9 Å². The number of benzene rings is 1. The number of hydrogen-bond acceptors (Lipinski definition) is 9. The van der Waals surface area contributed by atoms with E-state index in [1.54, 1.807) is 24.4 Å². The molecule has 38 heavy (non-hydrogen) atoms. The first kappa shape index (κ1) is 26.6. The molecule has 1 amide bonds. The molecule has 1 aromatic carbocycles. The van der Waals surface area contributed by atoms with E-state index < -0.39 is 15.9 Å². The summed E-state index contributed by atoms with van der Waals surface area (Å²) in [6.45, 7) is 7.96. The summed E-state index contributed by atoms with van der Waals surface area (Å²) in [5.74, 6) is -0.157. The summed E-state index contributed by atoms with van der Waals surface area (Å²) >= 11 is 0. The van der Waals surface area contributed by atoms with Gasteiger partial charge in [0, 0.05) is 6.20 Å². The molecule has 0 fully saturated rings. The number of pyridine rings is 3. The predicted molar refractivity (Wildman–Crippen MR) is 143 cm³/mol. The number of nitrogen functional groups attached to an aromatic ring is 1. The van der Waals surface area contributed by atoms with E-state index in [-0.39, 0.29) is 22.3 Å². The maximum atomic E-state index is 13.3. The highest BCUT2D eigenvalue weighted by Gasteiger charge is 2.25. The summed E-state index contributed by atoms with van der Waals surface area (Å²) in [5, 5.41) is -0.389. The smallest absolute Gasteiger partial charge is 0.281 e. The summed E-state index contributed by atoms with van der Waals surface area (Å²) in [5.41, 5.74) is 9.23. The van der Waals surface area contributed by atoms with Gasteiger partial charge in [0.15, 0.2) is 5.03 Å². The second-order valence-corrected chi connectivity index (χ2v) is 10.1. The lowest BCUT2D eigenvalue weighted by Crippen LogP contribution is -2.31. The minimum atomic E-state index is -4.32. The molecule has 4 aromatic rings. The van der Waals surface area contributed by atoms with E-state index in [2.05, 4.69) is 15.0 Å². The normalized spacial score (nSPS) is 11.2. The van der Waals surface area contributed by atoms with Crippen LogP contribution in [0.2, 0.25) is 0 Å². The fraction of sp³-hybridized carbons (Fsp3) is 0.185. The number of sulfonamides is 1. The molecule has 0 saturated heterocycles. The lowest BCUT2D eigenvalue weighted by molar-refractivity contribution is 0.0978. The number of rotatable bonds is 8. The Morgan fingerprint density at radius 2 is 1.71 bits per heavy atom. The third kappa shape index (κ3) is 5.73.